The quantitative estimate of drug-likeness (QED) is 0.840. The average molecular weight is 254 g/mol. The van der Waals surface area contributed by atoms with Gasteiger partial charge in [-0.2, -0.15) is 5.26 Å². The van der Waals surface area contributed by atoms with Gasteiger partial charge in [-0.05, 0) is 31.5 Å². The maximum atomic E-state index is 8.88. The zero-order valence-electron chi connectivity index (χ0n) is 10.5. The van der Waals surface area contributed by atoms with E-state index in [1.807, 2.05) is 18.2 Å². The van der Waals surface area contributed by atoms with Crippen LogP contribution in [0.1, 0.15) is 36.0 Å². The van der Waals surface area contributed by atoms with Gasteiger partial charge < -0.3 is 4.52 Å². The standard InChI is InChI=1S/C14H14N4O/c15-9-11-3-1-4-12(16-11)10-18-7-2-5-14(18)13-6-8-19-17-13/h1,3-4,6,8,14H,2,5,7,10H2/t14-/m0/s1. The molecule has 1 aliphatic heterocycles. The Labute approximate surface area is 111 Å². The van der Waals surface area contributed by atoms with Crippen molar-refractivity contribution in [2.75, 3.05) is 6.54 Å². The molecule has 0 saturated carbocycles. The molecule has 3 heterocycles. The number of nitriles is 1. The summed E-state index contributed by atoms with van der Waals surface area (Å²) in [7, 11) is 0. The predicted molar refractivity (Wildman–Crippen MR) is 67.8 cm³/mol. The lowest BCUT2D eigenvalue weighted by Gasteiger charge is -2.22. The first-order valence-electron chi connectivity index (χ1n) is 6.37. The van der Waals surface area contributed by atoms with E-state index < -0.39 is 0 Å². The fraction of sp³-hybridized carbons (Fsp3) is 0.357. The summed E-state index contributed by atoms with van der Waals surface area (Å²) in [6, 6.07) is 9.85. The summed E-state index contributed by atoms with van der Waals surface area (Å²) in [5.41, 5.74) is 2.37. The molecule has 0 aromatic carbocycles. The Bertz CT molecular complexity index is 588. The molecule has 1 fully saturated rings. The van der Waals surface area contributed by atoms with Crippen LogP contribution in [0.2, 0.25) is 0 Å². The van der Waals surface area contributed by atoms with E-state index in [9.17, 15) is 0 Å². The van der Waals surface area contributed by atoms with E-state index in [1.165, 1.54) is 0 Å². The van der Waals surface area contributed by atoms with Crippen LogP contribution in [0.4, 0.5) is 0 Å². The number of rotatable bonds is 3. The second-order valence-corrected chi connectivity index (χ2v) is 4.68. The number of likely N-dealkylation sites (tertiary alicyclic amines) is 1. The highest BCUT2D eigenvalue weighted by Gasteiger charge is 2.28. The number of aromatic nitrogens is 2. The fourth-order valence-electron chi connectivity index (χ4n) is 2.58. The van der Waals surface area contributed by atoms with Crippen LogP contribution in [0.15, 0.2) is 35.1 Å². The molecule has 0 bridgehead atoms. The molecule has 1 aliphatic rings. The zero-order valence-corrected chi connectivity index (χ0v) is 10.5. The summed E-state index contributed by atoms with van der Waals surface area (Å²) in [6.07, 6.45) is 3.85. The lowest BCUT2D eigenvalue weighted by molar-refractivity contribution is 0.234. The number of hydrogen-bond acceptors (Lipinski definition) is 5. The molecule has 0 N–H and O–H groups in total. The highest BCUT2D eigenvalue weighted by Crippen LogP contribution is 2.31. The minimum atomic E-state index is 0.297. The van der Waals surface area contributed by atoms with Crippen molar-refractivity contribution in [3.05, 3.63) is 47.6 Å². The predicted octanol–water partition coefficient (Wildman–Crippen LogP) is 2.28. The van der Waals surface area contributed by atoms with Gasteiger partial charge in [0.25, 0.3) is 0 Å². The van der Waals surface area contributed by atoms with Gasteiger partial charge in [0.15, 0.2) is 0 Å². The third-order valence-corrected chi connectivity index (χ3v) is 3.45. The van der Waals surface area contributed by atoms with Gasteiger partial charge in [0, 0.05) is 12.6 Å². The van der Waals surface area contributed by atoms with Crippen LogP contribution in [0.3, 0.4) is 0 Å². The van der Waals surface area contributed by atoms with Crippen molar-refractivity contribution in [2.24, 2.45) is 0 Å². The van der Waals surface area contributed by atoms with Crippen molar-refractivity contribution in [3.8, 4) is 6.07 Å². The van der Waals surface area contributed by atoms with Crippen molar-refractivity contribution < 1.29 is 4.52 Å². The van der Waals surface area contributed by atoms with Gasteiger partial charge in [-0.1, -0.05) is 11.2 Å². The van der Waals surface area contributed by atoms with Crippen molar-refractivity contribution >= 4 is 0 Å². The Morgan fingerprint density at radius 1 is 1.42 bits per heavy atom. The lowest BCUT2D eigenvalue weighted by Crippen LogP contribution is -2.23. The molecule has 19 heavy (non-hydrogen) atoms. The summed E-state index contributed by atoms with van der Waals surface area (Å²) in [5, 5.41) is 12.9. The minimum Gasteiger partial charge on any atom is -0.364 e. The molecule has 0 radical (unpaired) electrons. The monoisotopic (exact) mass is 254 g/mol. The molecular formula is C14H14N4O. The number of pyridine rings is 1. The van der Waals surface area contributed by atoms with Gasteiger partial charge >= 0.3 is 0 Å². The van der Waals surface area contributed by atoms with Crippen LogP contribution in [-0.4, -0.2) is 21.6 Å². The summed E-state index contributed by atoms with van der Waals surface area (Å²) >= 11 is 0. The SMILES string of the molecule is N#Cc1cccc(CN2CCC[C@H]2c2ccon2)n1. The van der Waals surface area contributed by atoms with Crippen LogP contribution in [0.25, 0.3) is 0 Å². The minimum absolute atomic E-state index is 0.297. The van der Waals surface area contributed by atoms with Crippen LogP contribution in [0, 0.1) is 11.3 Å². The fourth-order valence-corrected chi connectivity index (χ4v) is 2.58. The molecule has 5 nitrogen and oxygen atoms in total. The van der Waals surface area contributed by atoms with Crippen molar-refractivity contribution in [3.63, 3.8) is 0 Å². The lowest BCUT2D eigenvalue weighted by atomic mass is 10.1. The van der Waals surface area contributed by atoms with E-state index >= 15 is 0 Å². The van der Waals surface area contributed by atoms with Crippen LogP contribution >= 0.6 is 0 Å². The molecule has 3 rings (SSSR count). The Hall–Kier alpha value is -2.19. The van der Waals surface area contributed by atoms with Crippen LogP contribution in [-0.2, 0) is 6.54 Å². The van der Waals surface area contributed by atoms with Crippen molar-refractivity contribution in [1.82, 2.24) is 15.0 Å². The maximum absolute atomic E-state index is 8.88. The summed E-state index contributed by atoms with van der Waals surface area (Å²) < 4.78 is 4.93. The van der Waals surface area contributed by atoms with Crippen molar-refractivity contribution in [2.45, 2.75) is 25.4 Å². The number of nitrogens with zero attached hydrogens (tertiary/aromatic N) is 4. The molecule has 0 amide bonds. The van der Waals surface area contributed by atoms with Gasteiger partial charge in [0.2, 0.25) is 0 Å². The average Bonchev–Trinajstić information content (AvgIpc) is 3.09. The van der Waals surface area contributed by atoms with E-state index in [2.05, 4.69) is 21.1 Å². The first-order valence-corrected chi connectivity index (χ1v) is 6.37. The third kappa shape index (κ3) is 2.49. The molecule has 2 aromatic heterocycles. The largest absolute Gasteiger partial charge is 0.364 e. The third-order valence-electron chi connectivity index (χ3n) is 3.45. The van der Waals surface area contributed by atoms with Gasteiger partial charge in [0.1, 0.15) is 23.7 Å². The normalized spacial score (nSPS) is 19.4. The highest BCUT2D eigenvalue weighted by molar-refractivity contribution is 5.22. The molecule has 0 aliphatic carbocycles. The molecule has 5 heteroatoms. The summed E-state index contributed by atoms with van der Waals surface area (Å²) in [6.45, 7) is 1.77. The highest BCUT2D eigenvalue weighted by atomic mass is 16.5. The van der Waals surface area contributed by atoms with Gasteiger partial charge in [-0.25, -0.2) is 4.98 Å². The molecular weight excluding hydrogens is 240 g/mol. The first kappa shape index (κ1) is 11.9. The topological polar surface area (TPSA) is 66.0 Å². The zero-order chi connectivity index (χ0) is 13.1. The van der Waals surface area contributed by atoms with E-state index in [-0.39, 0.29) is 0 Å². The Morgan fingerprint density at radius 3 is 3.16 bits per heavy atom. The smallest absolute Gasteiger partial charge is 0.140 e. The summed E-state index contributed by atoms with van der Waals surface area (Å²) in [5.74, 6) is 0. The van der Waals surface area contributed by atoms with E-state index in [0.29, 0.717) is 11.7 Å². The second kappa shape index (κ2) is 5.21. The first-order chi connectivity index (χ1) is 9.36. The Kier molecular flexibility index (Phi) is 3.25. The Morgan fingerprint density at radius 2 is 2.37 bits per heavy atom. The molecule has 96 valence electrons. The summed E-state index contributed by atoms with van der Waals surface area (Å²) in [4.78, 5) is 6.66. The molecule has 2 aromatic rings. The molecule has 1 atom stereocenters. The second-order valence-electron chi connectivity index (χ2n) is 4.68. The van der Waals surface area contributed by atoms with E-state index in [0.717, 1.165) is 37.3 Å². The van der Waals surface area contributed by atoms with Gasteiger partial charge in [-0.15, -0.1) is 0 Å². The van der Waals surface area contributed by atoms with Crippen LogP contribution in [0.5, 0.6) is 0 Å². The Balaban J connectivity index is 1.77. The molecule has 0 unspecified atom stereocenters. The number of hydrogen-bond donors (Lipinski definition) is 0. The van der Waals surface area contributed by atoms with Gasteiger partial charge in [0.05, 0.1) is 11.7 Å². The van der Waals surface area contributed by atoms with Crippen LogP contribution < -0.4 is 0 Å². The molecule has 1 saturated heterocycles. The van der Waals surface area contributed by atoms with Crippen molar-refractivity contribution in [1.29, 1.82) is 5.26 Å². The van der Waals surface area contributed by atoms with E-state index in [4.69, 9.17) is 9.78 Å². The van der Waals surface area contributed by atoms with E-state index in [1.54, 1.807) is 12.3 Å². The van der Waals surface area contributed by atoms with Gasteiger partial charge in [-0.3, -0.25) is 4.90 Å². The maximum Gasteiger partial charge on any atom is 0.140 e. The molecule has 0 spiro atoms.